The number of aromatic amines is 1. The van der Waals surface area contributed by atoms with E-state index in [0.29, 0.717) is 13.1 Å². The lowest BCUT2D eigenvalue weighted by atomic mass is 9.80. The first-order chi connectivity index (χ1) is 14.0. The average Bonchev–Trinajstić information content (AvgIpc) is 3.31. The van der Waals surface area contributed by atoms with Gasteiger partial charge in [-0.2, -0.15) is 0 Å². The van der Waals surface area contributed by atoms with Gasteiger partial charge in [0, 0.05) is 32.6 Å². The third-order valence-corrected chi connectivity index (χ3v) is 6.53. The minimum absolute atomic E-state index is 0.0597. The first kappa shape index (κ1) is 19.8. The fourth-order valence-electron chi connectivity index (χ4n) is 4.24. The van der Waals surface area contributed by atoms with Gasteiger partial charge in [0.05, 0.1) is 22.2 Å². The minimum atomic E-state index is -0.409. The standard InChI is InChI=1S/C22H25N3O3S/c1-23-21(27)20(15-7-8-19-18(11-15)24-22(28)29-19)17(14-5-3-2-4-6-14)13-25-10-9-16(26)12-25/h2-8,11,16-17,20,26H,9-10,12-13H2,1H3,(H,23,27)(H,24,28)/t16-,17+,20?/m0/s1. The molecule has 0 bridgehead atoms. The van der Waals surface area contributed by atoms with Gasteiger partial charge in [-0.3, -0.25) is 9.59 Å². The van der Waals surface area contributed by atoms with Gasteiger partial charge >= 0.3 is 4.87 Å². The van der Waals surface area contributed by atoms with Crippen LogP contribution >= 0.6 is 11.3 Å². The molecule has 1 aliphatic heterocycles. The van der Waals surface area contributed by atoms with Crippen molar-refractivity contribution in [3.63, 3.8) is 0 Å². The van der Waals surface area contributed by atoms with E-state index < -0.39 is 5.92 Å². The molecular formula is C22H25N3O3S. The van der Waals surface area contributed by atoms with Gasteiger partial charge in [0.1, 0.15) is 0 Å². The molecule has 0 aliphatic carbocycles. The summed E-state index contributed by atoms with van der Waals surface area (Å²) in [6, 6.07) is 15.8. The van der Waals surface area contributed by atoms with E-state index in [4.69, 9.17) is 0 Å². The number of carbonyl (C=O) groups excluding carboxylic acids is 1. The van der Waals surface area contributed by atoms with Crippen LogP contribution in [0.1, 0.15) is 29.4 Å². The number of fused-ring (bicyclic) bond motifs is 1. The molecule has 1 aromatic heterocycles. The lowest BCUT2D eigenvalue weighted by molar-refractivity contribution is -0.122. The number of likely N-dealkylation sites (tertiary alicyclic amines) is 1. The van der Waals surface area contributed by atoms with Crippen LogP contribution in [0.3, 0.4) is 0 Å². The molecule has 1 unspecified atom stereocenters. The highest BCUT2D eigenvalue weighted by atomic mass is 32.1. The zero-order chi connectivity index (χ0) is 20.4. The Hall–Kier alpha value is -2.48. The summed E-state index contributed by atoms with van der Waals surface area (Å²) in [5.74, 6) is -0.548. The van der Waals surface area contributed by atoms with Gasteiger partial charge in [0.15, 0.2) is 0 Å². The van der Waals surface area contributed by atoms with Crippen molar-refractivity contribution >= 4 is 27.5 Å². The van der Waals surface area contributed by atoms with Crippen molar-refractivity contribution in [2.75, 3.05) is 26.7 Å². The summed E-state index contributed by atoms with van der Waals surface area (Å²) in [7, 11) is 1.65. The molecule has 3 aromatic rings. The van der Waals surface area contributed by atoms with Crippen molar-refractivity contribution < 1.29 is 9.90 Å². The Kier molecular flexibility index (Phi) is 5.80. The number of likely N-dealkylation sites (N-methyl/N-ethyl adjacent to an activating group) is 1. The quantitative estimate of drug-likeness (QED) is 0.581. The maximum atomic E-state index is 13.1. The van der Waals surface area contributed by atoms with Crippen LogP contribution in [0.5, 0.6) is 0 Å². The molecule has 7 heteroatoms. The van der Waals surface area contributed by atoms with Crippen LogP contribution in [0.15, 0.2) is 53.3 Å². The molecule has 1 amide bonds. The molecule has 0 spiro atoms. The topological polar surface area (TPSA) is 85.4 Å². The Bertz CT molecular complexity index is 1050. The van der Waals surface area contributed by atoms with Crippen molar-refractivity contribution in [1.82, 2.24) is 15.2 Å². The number of H-pyrrole nitrogens is 1. The summed E-state index contributed by atoms with van der Waals surface area (Å²) in [6.07, 6.45) is 0.450. The Labute approximate surface area is 173 Å². The molecule has 3 atom stereocenters. The molecule has 29 heavy (non-hydrogen) atoms. The highest BCUT2D eigenvalue weighted by molar-refractivity contribution is 7.16. The van der Waals surface area contributed by atoms with Crippen LogP contribution in [0, 0.1) is 0 Å². The first-order valence-electron chi connectivity index (χ1n) is 9.85. The van der Waals surface area contributed by atoms with Crippen LogP contribution in [-0.2, 0) is 4.79 Å². The number of β-amino-alcohol motifs (C(OH)–C–C–N with tert-alkyl or cyclic N) is 1. The number of rotatable bonds is 6. The molecule has 2 heterocycles. The Morgan fingerprint density at radius 2 is 2.07 bits per heavy atom. The first-order valence-corrected chi connectivity index (χ1v) is 10.7. The van der Waals surface area contributed by atoms with E-state index in [1.54, 1.807) is 7.05 Å². The van der Waals surface area contributed by atoms with Crippen LogP contribution in [-0.4, -0.2) is 53.7 Å². The van der Waals surface area contributed by atoms with Crippen molar-refractivity contribution in [3.8, 4) is 0 Å². The minimum Gasteiger partial charge on any atom is -0.392 e. The van der Waals surface area contributed by atoms with Gasteiger partial charge in [0.2, 0.25) is 5.91 Å². The summed E-state index contributed by atoms with van der Waals surface area (Å²) in [5, 5.41) is 12.8. The van der Waals surface area contributed by atoms with E-state index in [0.717, 1.165) is 34.3 Å². The number of aliphatic hydroxyl groups excluding tert-OH is 1. The number of thiazole rings is 1. The molecule has 3 N–H and O–H groups in total. The van der Waals surface area contributed by atoms with Gasteiger partial charge in [-0.15, -0.1) is 0 Å². The summed E-state index contributed by atoms with van der Waals surface area (Å²) in [5.41, 5.74) is 2.72. The Morgan fingerprint density at radius 3 is 2.76 bits per heavy atom. The van der Waals surface area contributed by atoms with Crippen LogP contribution in [0.4, 0.5) is 0 Å². The molecule has 2 aromatic carbocycles. The molecule has 152 valence electrons. The lowest BCUT2D eigenvalue weighted by Crippen LogP contribution is -2.36. The maximum absolute atomic E-state index is 13.1. The van der Waals surface area contributed by atoms with Crippen molar-refractivity contribution in [3.05, 3.63) is 69.3 Å². The van der Waals surface area contributed by atoms with E-state index in [1.807, 2.05) is 36.4 Å². The number of benzene rings is 2. The van der Waals surface area contributed by atoms with E-state index >= 15 is 0 Å². The van der Waals surface area contributed by atoms with Gasteiger partial charge < -0.3 is 20.3 Å². The second kappa shape index (κ2) is 8.49. The fourth-order valence-corrected chi connectivity index (χ4v) is 4.96. The average molecular weight is 412 g/mol. The third kappa shape index (κ3) is 4.27. The van der Waals surface area contributed by atoms with Crippen LogP contribution < -0.4 is 10.2 Å². The van der Waals surface area contributed by atoms with Crippen LogP contribution in [0.2, 0.25) is 0 Å². The van der Waals surface area contributed by atoms with E-state index in [9.17, 15) is 14.7 Å². The number of carbonyl (C=O) groups is 1. The molecule has 1 fully saturated rings. The Balaban J connectivity index is 1.77. The molecule has 1 saturated heterocycles. The SMILES string of the molecule is CNC(=O)C(c1ccc2sc(=O)[nH]c2c1)[C@H](CN1CC[C@H](O)C1)c1ccccc1. The fraction of sp³-hybridized carbons (Fsp3) is 0.364. The van der Waals surface area contributed by atoms with Gasteiger partial charge in [-0.25, -0.2) is 0 Å². The van der Waals surface area contributed by atoms with E-state index in [-0.39, 0.29) is 22.8 Å². The molecule has 1 aliphatic rings. The Morgan fingerprint density at radius 1 is 1.28 bits per heavy atom. The predicted molar refractivity (Wildman–Crippen MR) is 116 cm³/mol. The third-order valence-electron chi connectivity index (χ3n) is 5.66. The predicted octanol–water partition coefficient (Wildman–Crippen LogP) is 2.27. The molecule has 4 rings (SSSR count). The number of hydrogen-bond donors (Lipinski definition) is 3. The highest BCUT2D eigenvalue weighted by Crippen LogP contribution is 2.36. The normalized spacial score (nSPS) is 19.3. The molecule has 0 saturated carbocycles. The van der Waals surface area contributed by atoms with E-state index in [1.165, 1.54) is 11.3 Å². The number of aliphatic hydroxyl groups is 1. The number of hydrogen-bond acceptors (Lipinski definition) is 5. The molecule has 0 radical (unpaired) electrons. The molecule has 6 nitrogen and oxygen atoms in total. The van der Waals surface area contributed by atoms with Crippen molar-refractivity contribution in [2.45, 2.75) is 24.4 Å². The zero-order valence-corrected chi connectivity index (χ0v) is 17.1. The lowest BCUT2D eigenvalue weighted by Gasteiger charge is -2.30. The van der Waals surface area contributed by atoms with Crippen molar-refractivity contribution in [1.29, 1.82) is 0 Å². The summed E-state index contributed by atoms with van der Waals surface area (Å²) in [4.78, 5) is 29.8. The number of amides is 1. The monoisotopic (exact) mass is 411 g/mol. The van der Waals surface area contributed by atoms with Gasteiger partial charge in [-0.05, 0) is 29.7 Å². The molecular weight excluding hydrogens is 386 g/mol. The van der Waals surface area contributed by atoms with Crippen molar-refractivity contribution in [2.24, 2.45) is 0 Å². The summed E-state index contributed by atoms with van der Waals surface area (Å²) >= 11 is 1.17. The number of aromatic nitrogens is 1. The maximum Gasteiger partial charge on any atom is 0.305 e. The second-order valence-corrected chi connectivity index (χ2v) is 8.60. The van der Waals surface area contributed by atoms with Gasteiger partial charge in [-0.1, -0.05) is 47.7 Å². The zero-order valence-electron chi connectivity index (χ0n) is 16.3. The van der Waals surface area contributed by atoms with E-state index in [2.05, 4.69) is 27.3 Å². The second-order valence-electron chi connectivity index (χ2n) is 7.58. The van der Waals surface area contributed by atoms with Crippen LogP contribution in [0.25, 0.3) is 10.2 Å². The largest absolute Gasteiger partial charge is 0.392 e. The van der Waals surface area contributed by atoms with Gasteiger partial charge in [0.25, 0.3) is 0 Å². The summed E-state index contributed by atoms with van der Waals surface area (Å²) in [6.45, 7) is 2.12. The number of nitrogens with one attached hydrogen (secondary N) is 2. The highest BCUT2D eigenvalue weighted by Gasteiger charge is 2.34. The number of nitrogens with zero attached hydrogens (tertiary/aromatic N) is 1. The summed E-state index contributed by atoms with van der Waals surface area (Å²) < 4.78 is 0.883. The smallest absolute Gasteiger partial charge is 0.305 e.